The number of nitrogens with two attached hydrogens (primary N) is 1. The SMILES string of the molecule is CC1CCCC(N2CCCC2C(N)=NO)C1. The summed E-state index contributed by atoms with van der Waals surface area (Å²) in [4.78, 5) is 2.46. The fraction of sp³-hybridized carbons (Fsp3) is 0.917. The van der Waals surface area contributed by atoms with Crippen LogP contribution < -0.4 is 5.73 Å². The standard InChI is InChI=1S/C12H23N3O/c1-9-4-2-5-10(8-9)15-7-3-6-11(15)12(13)14-16/h9-11,16H,2-8H2,1H3,(H2,13,14). The second-order valence-corrected chi connectivity index (χ2v) is 5.35. The van der Waals surface area contributed by atoms with E-state index in [1.807, 2.05) is 0 Å². The maximum Gasteiger partial charge on any atom is 0.156 e. The lowest BCUT2D eigenvalue weighted by Gasteiger charge is -2.37. The largest absolute Gasteiger partial charge is 0.409 e. The Morgan fingerprint density at radius 1 is 1.31 bits per heavy atom. The van der Waals surface area contributed by atoms with E-state index in [1.54, 1.807) is 0 Å². The zero-order valence-electron chi connectivity index (χ0n) is 10.1. The molecule has 0 spiro atoms. The normalized spacial score (nSPS) is 37.8. The van der Waals surface area contributed by atoms with Gasteiger partial charge in [0.15, 0.2) is 5.84 Å². The Bertz CT molecular complexity index is 267. The monoisotopic (exact) mass is 225 g/mol. The first-order valence-corrected chi connectivity index (χ1v) is 6.45. The topological polar surface area (TPSA) is 61.8 Å². The number of hydrogen-bond donors (Lipinski definition) is 2. The highest BCUT2D eigenvalue weighted by Crippen LogP contribution is 2.31. The van der Waals surface area contributed by atoms with Crippen LogP contribution in [-0.2, 0) is 0 Å². The molecule has 92 valence electrons. The molecule has 3 unspecified atom stereocenters. The molecule has 0 amide bonds. The Morgan fingerprint density at radius 3 is 2.81 bits per heavy atom. The molecule has 1 saturated heterocycles. The van der Waals surface area contributed by atoms with E-state index in [2.05, 4.69) is 17.0 Å². The van der Waals surface area contributed by atoms with Crippen molar-refractivity contribution in [2.75, 3.05) is 6.54 Å². The van der Waals surface area contributed by atoms with Gasteiger partial charge in [0, 0.05) is 6.04 Å². The number of oxime groups is 1. The summed E-state index contributed by atoms with van der Waals surface area (Å²) in [7, 11) is 0. The van der Waals surface area contributed by atoms with Crippen molar-refractivity contribution in [1.29, 1.82) is 0 Å². The molecule has 1 aliphatic carbocycles. The van der Waals surface area contributed by atoms with E-state index < -0.39 is 0 Å². The zero-order valence-corrected chi connectivity index (χ0v) is 10.1. The molecule has 0 aromatic rings. The minimum atomic E-state index is 0.181. The van der Waals surface area contributed by atoms with E-state index in [4.69, 9.17) is 10.9 Å². The maximum absolute atomic E-state index is 8.80. The fourth-order valence-corrected chi connectivity index (χ4v) is 3.31. The Kier molecular flexibility index (Phi) is 3.69. The van der Waals surface area contributed by atoms with E-state index in [0.717, 1.165) is 18.9 Å². The predicted molar refractivity (Wildman–Crippen MR) is 64.6 cm³/mol. The minimum absolute atomic E-state index is 0.181. The number of nitrogens with zero attached hydrogens (tertiary/aromatic N) is 2. The summed E-state index contributed by atoms with van der Waals surface area (Å²) >= 11 is 0. The lowest BCUT2D eigenvalue weighted by atomic mass is 9.86. The molecule has 1 aliphatic heterocycles. The Balaban J connectivity index is 2.01. The van der Waals surface area contributed by atoms with Gasteiger partial charge in [-0.15, -0.1) is 0 Å². The smallest absolute Gasteiger partial charge is 0.156 e. The third-order valence-electron chi connectivity index (χ3n) is 4.13. The van der Waals surface area contributed by atoms with Gasteiger partial charge in [-0.1, -0.05) is 24.9 Å². The molecule has 4 nitrogen and oxygen atoms in total. The van der Waals surface area contributed by atoms with Gasteiger partial charge in [0.05, 0.1) is 6.04 Å². The second kappa shape index (κ2) is 5.04. The van der Waals surface area contributed by atoms with E-state index >= 15 is 0 Å². The maximum atomic E-state index is 8.80. The van der Waals surface area contributed by atoms with Gasteiger partial charge in [-0.25, -0.2) is 0 Å². The van der Waals surface area contributed by atoms with Gasteiger partial charge in [0.2, 0.25) is 0 Å². The van der Waals surface area contributed by atoms with Crippen molar-refractivity contribution >= 4 is 5.84 Å². The van der Waals surface area contributed by atoms with Gasteiger partial charge in [0.25, 0.3) is 0 Å². The van der Waals surface area contributed by atoms with Crippen LogP contribution in [0.15, 0.2) is 5.16 Å². The molecule has 2 rings (SSSR count). The molecule has 0 bridgehead atoms. The molecular formula is C12H23N3O. The fourth-order valence-electron chi connectivity index (χ4n) is 3.31. The van der Waals surface area contributed by atoms with E-state index in [9.17, 15) is 0 Å². The van der Waals surface area contributed by atoms with Crippen LogP contribution in [0.25, 0.3) is 0 Å². The van der Waals surface area contributed by atoms with Crippen LogP contribution in [0.4, 0.5) is 0 Å². The van der Waals surface area contributed by atoms with Crippen LogP contribution in [0, 0.1) is 5.92 Å². The summed E-state index contributed by atoms with van der Waals surface area (Å²) in [6, 6.07) is 0.830. The van der Waals surface area contributed by atoms with Crippen molar-refractivity contribution in [1.82, 2.24) is 4.90 Å². The van der Waals surface area contributed by atoms with Crippen LogP contribution in [0.5, 0.6) is 0 Å². The quantitative estimate of drug-likeness (QED) is 0.326. The number of hydrogen-bond acceptors (Lipinski definition) is 3. The summed E-state index contributed by atoms with van der Waals surface area (Å²) in [5.74, 6) is 1.23. The molecule has 0 aromatic heterocycles. The number of rotatable bonds is 2. The van der Waals surface area contributed by atoms with Gasteiger partial charge in [-0.2, -0.15) is 0 Å². The van der Waals surface area contributed by atoms with Crippen molar-refractivity contribution in [2.24, 2.45) is 16.8 Å². The highest BCUT2D eigenvalue weighted by atomic mass is 16.4. The van der Waals surface area contributed by atoms with Gasteiger partial charge in [0.1, 0.15) is 0 Å². The average Bonchev–Trinajstić information content (AvgIpc) is 2.77. The second-order valence-electron chi connectivity index (χ2n) is 5.35. The number of likely N-dealkylation sites (tertiary alicyclic amines) is 1. The summed E-state index contributed by atoms with van der Waals surface area (Å²) in [5.41, 5.74) is 5.77. The molecular weight excluding hydrogens is 202 g/mol. The summed E-state index contributed by atoms with van der Waals surface area (Å²) in [5, 5.41) is 12.0. The molecule has 1 heterocycles. The van der Waals surface area contributed by atoms with Crippen molar-refractivity contribution in [3.63, 3.8) is 0 Å². The highest BCUT2D eigenvalue weighted by Gasteiger charge is 2.34. The Morgan fingerprint density at radius 2 is 2.12 bits per heavy atom. The van der Waals surface area contributed by atoms with Crippen molar-refractivity contribution in [2.45, 2.75) is 57.5 Å². The predicted octanol–water partition coefficient (Wildman–Crippen LogP) is 1.78. The van der Waals surface area contributed by atoms with E-state index in [-0.39, 0.29) is 6.04 Å². The molecule has 0 aromatic carbocycles. The molecule has 4 heteroatoms. The highest BCUT2D eigenvalue weighted by molar-refractivity contribution is 5.85. The molecule has 2 fully saturated rings. The summed E-state index contributed by atoms with van der Waals surface area (Å²) in [6.07, 6.45) is 7.45. The zero-order chi connectivity index (χ0) is 11.5. The third-order valence-corrected chi connectivity index (χ3v) is 4.13. The molecule has 0 radical (unpaired) electrons. The summed E-state index contributed by atoms with van der Waals surface area (Å²) in [6.45, 7) is 3.44. The lowest BCUT2D eigenvalue weighted by molar-refractivity contribution is 0.143. The van der Waals surface area contributed by atoms with E-state index in [0.29, 0.717) is 11.9 Å². The molecule has 16 heavy (non-hydrogen) atoms. The van der Waals surface area contributed by atoms with Gasteiger partial charge in [-0.3, -0.25) is 4.90 Å². The Labute approximate surface area is 97.5 Å². The first-order chi connectivity index (χ1) is 7.72. The average molecular weight is 225 g/mol. The van der Waals surface area contributed by atoms with Crippen molar-refractivity contribution in [3.8, 4) is 0 Å². The molecule has 3 atom stereocenters. The van der Waals surface area contributed by atoms with Crippen LogP contribution in [-0.4, -0.2) is 34.6 Å². The van der Waals surface area contributed by atoms with E-state index in [1.165, 1.54) is 32.1 Å². The van der Waals surface area contributed by atoms with Gasteiger partial charge >= 0.3 is 0 Å². The van der Waals surface area contributed by atoms with Gasteiger partial charge < -0.3 is 10.9 Å². The lowest BCUT2D eigenvalue weighted by Crippen LogP contribution is -2.47. The van der Waals surface area contributed by atoms with Crippen LogP contribution >= 0.6 is 0 Å². The number of amidine groups is 1. The van der Waals surface area contributed by atoms with Gasteiger partial charge in [-0.05, 0) is 38.1 Å². The first-order valence-electron chi connectivity index (χ1n) is 6.45. The van der Waals surface area contributed by atoms with Crippen molar-refractivity contribution < 1.29 is 5.21 Å². The van der Waals surface area contributed by atoms with Crippen LogP contribution in [0.2, 0.25) is 0 Å². The third kappa shape index (κ3) is 2.32. The first kappa shape index (κ1) is 11.7. The minimum Gasteiger partial charge on any atom is -0.409 e. The molecule has 2 aliphatic rings. The van der Waals surface area contributed by atoms with Crippen molar-refractivity contribution in [3.05, 3.63) is 0 Å². The molecule has 1 saturated carbocycles. The summed E-state index contributed by atoms with van der Waals surface area (Å²) < 4.78 is 0. The Hall–Kier alpha value is -0.770. The van der Waals surface area contributed by atoms with Crippen LogP contribution in [0.3, 0.4) is 0 Å². The van der Waals surface area contributed by atoms with Crippen LogP contribution in [0.1, 0.15) is 45.4 Å². The molecule has 3 N–H and O–H groups in total.